The number of aliphatic imine (C=N–C) groups is 2. The van der Waals surface area contributed by atoms with Crippen LogP contribution < -0.4 is 28.9 Å². The molecule has 11 aromatic rings. The molecule has 7 nitrogen and oxygen atoms in total. The summed E-state index contributed by atoms with van der Waals surface area (Å²) in [7, 11) is -2.45. The molecule has 11 rings (SSSR count). The topological polar surface area (TPSA) is 95.3 Å². The van der Waals surface area contributed by atoms with Crippen molar-refractivity contribution in [1.82, 2.24) is 10.0 Å². The second-order valence-corrected chi connectivity index (χ2v) is 27.4. The van der Waals surface area contributed by atoms with Crippen molar-refractivity contribution >= 4 is 39.6 Å². The van der Waals surface area contributed by atoms with E-state index in [2.05, 4.69) is 227 Å². The predicted molar refractivity (Wildman–Crippen MR) is 387 cm³/mol. The van der Waals surface area contributed by atoms with Gasteiger partial charge in [-0.05, 0) is 80.5 Å². The third-order valence-electron chi connectivity index (χ3n) is 14.4. The first kappa shape index (κ1) is 70.7. The van der Waals surface area contributed by atoms with Crippen molar-refractivity contribution in [2.45, 2.75) is 82.3 Å². The van der Waals surface area contributed by atoms with Crippen LogP contribution in [0.1, 0.15) is 121 Å². The van der Waals surface area contributed by atoms with E-state index in [1.54, 1.807) is 6.21 Å². The Hall–Kier alpha value is -8.75. The normalized spacial score (nSPS) is 12.3. The summed E-state index contributed by atoms with van der Waals surface area (Å²) in [6, 6.07) is 113. The molecule has 460 valence electrons. The summed E-state index contributed by atoms with van der Waals surface area (Å²) in [6.45, 7) is 13.2. The van der Waals surface area contributed by atoms with E-state index < -0.39 is 26.7 Å². The largest absolute Gasteiger partial charge is 1.00 e. The molecule has 0 bridgehead atoms. The second kappa shape index (κ2) is 37.5. The first-order chi connectivity index (χ1) is 44.3. The first-order valence-corrected chi connectivity index (χ1v) is 33.1. The summed E-state index contributed by atoms with van der Waals surface area (Å²) >= 11 is 0. The molecule has 0 amide bonds. The molecule has 0 aliphatic heterocycles. The Labute approximate surface area is 564 Å². The van der Waals surface area contributed by atoms with Gasteiger partial charge in [-0.1, -0.05) is 334 Å². The Morgan fingerprint density at radius 3 is 1.10 bits per heavy atom. The number of rotatable bonds is 19. The fourth-order valence-corrected chi connectivity index (χ4v) is 10.9. The van der Waals surface area contributed by atoms with Crippen LogP contribution in [0.15, 0.2) is 348 Å². The summed E-state index contributed by atoms with van der Waals surface area (Å²) < 4.78 is 31.7. The molecular weight excluding hydrogens is 1160 g/mol. The van der Waals surface area contributed by atoms with Crippen molar-refractivity contribution < 1.29 is 27.3 Å². The molecule has 92 heavy (non-hydrogen) atoms. The molecule has 0 radical (unpaired) electrons. The van der Waals surface area contributed by atoms with Crippen molar-refractivity contribution in [2.75, 3.05) is 0 Å². The predicted octanol–water partition coefficient (Wildman–Crippen LogP) is 15.9. The number of nitrogens with zero attached hydrogens (tertiary/aromatic N) is 3. The molecule has 0 aliphatic rings. The van der Waals surface area contributed by atoms with Crippen molar-refractivity contribution in [3.05, 3.63) is 395 Å². The monoisotopic (exact) mass is 1240 g/mol. The Balaban J connectivity index is 0.000000183. The minimum atomic E-state index is -1.29. The van der Waals surface area contributed by atoms with Crippen LogP contribution in [0.3, 0.4) is 0 Å². The minimum Gasteiger partial charge on any atom is -0.302 e. The van der Waals surface area contributed by atoms with E-state index in [9.17, 15) is 8.42 Å². The van der Waals surface area contributed by atoms with Crippen LogP contribution in [0.25, 0.3) is 0 Å². The van der Waals surface area contributed by atoms with E-state index in [1.807, 2.05) is 163 Å². The van der Waals surface area contributed by atoms with E-state index in [1.165, 1.54) is 22.3 Å². The van der Waals surface area contributed by atoms with Crippen LogP contribution >= 0.6 is 0 Å². The molecule has 0 aliphatic carbocycles. The van der Waals surface area contributed by atoms with Gasteiger partial charge in [-0.3, -0.25) is 9.98 Å². The molecule has 0 heterocycles. The Morgan fingerprint density at radius 1 is 0.391 bits per heavy atom. The standard InChI is InChI=1S/C31H32N2OS.C20H19N.C20H17N.C11H15NOS.Li/c1-31(2,3)35(34)33-30(27-22-14-7-15-23-27)29(26-20-12-6-13-21-26)32-28(24-16-8-4-9-17-24)25-18-10-5-11-19-25;2*1-4-10-17(11-5-1)16-21-20(18-12-6-2-7-13-18)19-14-8-3-9-15-19;1-11(2,3)14(13)12-9-10-7-5-4-6-8-10;/h4-23,29-30,33H,1-3H3;1-15,20-21H,16H2;1-15H,16H2;4-9H,1-3H3;/q;;;;+1/t29-,30+,35+;;;14-;/m0..1./s1. The van der Waals surface area contributed by atoms with Gasteiger partial charge in [0.25, 0.3) is 0 Å². The van der Waals surface area contributed by atoms with E-state index in [-0.39, 0.29) is 41.7 Å². The molecule has 11 aromatic carbocycles. The van der Waals surface area contributed by atoms with Gasteiger partial charge in [-0.15, -0.1) is 0 Å². The molecular formula is C82H83LiN5O2S2+. The van der Waals surface area contributed by atoms with Gasteiger partial charge in [-0.2, -0.15) is 4.40 Å². The molecule has 2 N–H and O–H groups in total. The van der Waals surface area contributed by atoms with E-state index in [0.717, 1.165) is 56.9 Å². The zero-order valence-corrected chi connectivity index (χ0v) is 55.6. The third-order valence-corrected chi connectivity index (χ3v) is 17.3. The van der Waals surface area contributed by atoms with Crippen LogP contribution in [0, 0.1) is 0 Å². The minimum absolute atomic E-state index is 0. The third kappa shape index (κ3) is 23.2. The molecule has 4 atom stereocenters. The van der Waals surface area contributed by atoms with Gasteiger partial charge in [-0.25, -0.2) is 13.1 Å². The SMILES string of the molecule is CC(C)(C)[S@@](=O)N=Cc1ccccc1.CC(C)(C)[S@@](=O)N[C@H](c1ccccc1)[C@@H](N=C(c1ccccc1)c1ccccc1)c1ccccc1.[Li+].c1ccc(CN=C(c2ccccc2)c2ccccc2)cc1.c1ccc(CNC(c2ccccc2)c2ccccc2)cc1. The van der Waals surface area contributed by atoms with Crippen molar-refractivity contribution in [1.29, 1.82) is 0 Å². The number of benzene rings is 11. The molecule has 0 saturated carbocycles. The molecule has 0 spiro atoms. The summed E-state index contributed by atoms with van der Waals surface area (Å²) in [4.78, 5) is 10.3. The van der Waals surface area contributed by atoms with Crippen molar-refractivity contribution in [2.24, 2.45) is 14.4 Å². The van der Waals surface area contributed by atoms with E-state index >= 15 is 0 Å². The zero-order chi connectivity index (χ0) is 63.9. The second-order valence-electron chi connectivity index (χ2n) is 23.5. The summed E-state index contributed by atoms with van der Waals surface area (Å²) in [5.74, 6) is 0. The van der Waals surface area contributed by atoms with Gasteiger partial charge in [0, 0.05) is 35.0 Å². The summed E-state index contributed by atoms with van der Waals surface area (Å²) in [5.41, 5.74) is 14.5. The van der Waals surface area contributed by atoms with Crippen LogP contribution in [0.5, 0.6) is 0 Å². The molecule has 0 saturated heterocycles. The number of hydrogen-bond acceptors (Lipinski definition) is 5. The van der Waals surface area contributed by atoms with Gasteiger partial charge in [0.15, 0.2) is 0 Å². The summed E-state index contributed by atoms with van der Waals surface area (Å²) in [5, 5.41) is 3.67. The smallest absolute Gasteiger partial charge is 0.302 e. The van der Waals surface area contributed by atoms with Crippen LogP contribution in [-0.4, -0.2) is 35.5 Å². The fraction of sp³-hybridized carbons (Fsp3) is 0.159. The molecule has 10 heteroatoms. The van der Waals surface area contributed by atoms with E-state index in [0.29, 0.717) is 6.54 Å². The van der Waals surface area contributed by atoms with Gasteiger partial charge in [0.1, 0.15) is 11.0 Å². The maximum absolute atomic E-state index is 13.4. The Kier molecular flexibility index (Phi) is 28.9. The average Bonchev–Trinajstić information content (AvgIpc) is 0.852. The average molecular weight is 1240 g/mol. The maximum atomic E-state index is 13.4. The zero-order valence-electron chi connectivity index (χ0n) is 54.0. The van der Waals surface area contributed by atoms with Gasteiger partial charge >= 0.3 is 18.9 Å². The Morgan fingerprint density at radius 2 is 0.717 bits per heavy atom. The fourth-order valence-electron chi connectivity index (χ4n) is 9.54. The maximum Gasteiger partial charge on any atom is 1.00 e. The van der Waals surface area contributed by atoms with Gasteiger partial charge < -0.3 is 5.32 Å². The number of hydrogen-bond donors (Lipinski definition) is 2. The van der Waals surface area contributed by atoms with E-state index in [4.69, 9.17) is 9.98 Å². The van der Waals surface area contributed by atoms with Crippen molar-refractivity contribution in [3.8, 4) is 0 Å². The van der Waals surface area contributed by atoms with Crippen LogP contribution in [-0.2, 0) is 35.1 Å². The summed E-state index contributed by atoms with van der Waals surface area (Å²) in [6.07, 6.45) is 1.65. The van der Waals surface area contributed by atoms with Crippen LogP contribution in [0.2, 0.25) is 0 Å². The Bertz CT molecular complexity index is 3840. The first-order valence-electron chi connectivity index (χ1n) is 30.8. The van der Waals surface area contributed by atoms with Crippen LogP contribution in [0.4, 0.5) is 0 Å². The molecule has 0 aromatic heterocycles. The van der Waals surface area contributed by atoms with Gasteiger partial charge in [0.2, 0.25) is 0 Å². The van der Waals surface area contributed by atoms with Crippen molar-refractivity contribution in [3.63, 3.8) is 0 Å². The van der Waals surface area contributed by atoms with Gasteiger partial charge in [0.05, 0.1) is 56.6 Å². The molecule has 0 unspecified atom stereocenters. The quantitative estimate of drug-likeness (QED) is 0.0624. The number of nitrogens with one attached hydrogen (secondary N) is 2. The molecule has 0 fully saturated rings.